The summed E-state index contributed by atoms with van der Waals surface area (Å²) in [6.45, 7) is 6.30. The van der Waals surface area contributed by atoms with E-state index in [0.717, 1.165) is 43.9 Å². The van der Waals surface area contributed by atoms with Crippen LogP contribution < -0.4 is 16.0 Å². The fourth-order valence-corrected chi connectivity index (χ4v) is 3.90. The van der Waals surface area contributed by atoms with Crippen molar-refractivity contribution in [3.63, 3.8) is 0 Å². The topological polar surface area (TPSA) is 74.5 Å². The molecule has 0 aliphatic carbocycles. The molecule has 1 saturated heterocycles. The second-order valence-corrected chi connectivity index (χ2v) is 8.17. The van der Waals surface area contributed by atoms with Crippen molar-refractivity contribution in [2.75, 3.05) is 43.4 Å². The van der Waals surface area contributed by atoms with Crippen molar-refractivity contribution >= 4 is 23.0 Å². The number of primary amides is 1. The summed E-state index contributed by atoms with van der Waals surface area (Å²) < 4.78 is 0. The van der Waals surface area contributed by atoms with Gasteiger partial charge in [-0.2, -0.15) is 0 Å². The molecule has 0 unspecified atom stereocenters. The lowest BCUT2D eigenvalue weighted by Gasteiger charge is -2.34. The number of aryl methyl sites for hydroxylation is 1. The van der Waals surface area contributed by atoms with Crippen LogP contribution in [-0.2, 0) is 6.42 Å². The van der Waals surface area contributed by atoms with Crippen LogP contribution in [0.25, 0.3) is 0 Å². The maximum atomic E-state index is 11.9. The number of aromatic nitrogens is 1. The van der Waals surface area contributed by atoms with Crippen LogP contribution in [-0.4, -0.2) is 49.0 Å². The van der Waals surface area contributed by atoms with Gasteiger partial charge in [0.15, 0.2) is 5.69 Å². The quantitative estimate of drug-likeness (QED) is 0.644. The van der Waals surface area contributed by atoms with Crippen LogP contribution in [0.2, 0.25) is 0 Å². The minimum absolute atomic E-state index is 0.247. The summed E-state index contributed by atoms with van der Waals surface area (Å²) >= 11 is 0. The van der Waals surface area contributed by atoms with Crippen molar-refractivity contribution in [2.45, 2.75) is 13.3 Å². The van der Waals surface area contributed by atoms with E-state index in [2.05, 4.69) is 58.3 Å². The van der Waals surface area contributed by atoms with Crippen LogP contribution in [0.4, 0.5) is 17.1 Å². The highest BCUT2D eigenvalue weighted by Crippen LogP contribution is 2.25. The van der Waals surface area contributed by atoms with Crippen molar-refractivity contribution < 1.29 is 4.79 Å². The average Bonchev–Trinajstić information content (AvgIpc) is 2.76. The van der Waals surface area contributed by atoms with Crippen LogP contribution in [0.15, 0.2) is 60.8 Å². The van der Waals surface area contributed by atoms with Gasteiger partial charge in [-0.1, -0.05) is 24.3 Å². The fourth-order valence-electron chi connectivity index (χ4n) is 3.90. The molecule has 0 bridgehead atoms. The monoisotopic (exact) mass is 415 g/mol. The lowest BCUT2D eigenvalue weighted by atomic mass is 10.0. The van der Waals surface area contributed by atoms with Gasteiger partial charge in [-0.05, 0) is 67.4 Å². The van der Waals surface area contributed by atoms with Gasteiger partial charge in [0.25, 0.3) is 5.91 Å². The zero-order valence-electron chi connectivity index (χ0n) is 18.1. The molecule has 1 amide bonds. The molecule has 6 heteroatoms. The van der Waals surface area contributed by atoms with Crippen LogP contribution in [0, 0.1) is 6.92 Å². The minimum atomic E-state index is -0.543. The Hall–Kier alpha value is -3.38. The van der Waals surface area contributed by atoms with E-state index in [1.807, 2.05) is 30.3 Å². The summed E-state index contributed by atoms with van der Waals surface area (Å²) in [6, 6.07) is 18.5. The number of nitrogens with one attached hydrogen (secondary N) is 1. The molecule has 31 heavy (non-hydrogen) atoms. The molecule has 3 aromatic rings. The number of benzene rings is 2. The number of amides is 1. The Morgan fingerprint density at radius 2 is 1.77 bits per heavy atom. The first kappa shape index (κ1) is 20.9. The second kappa shape index (κ2) is 9.18. The highest BCUT2D eigenvalue weighted by atomic mass is 16.1. The molecular weight excluding hydrogens is 386 g/mol. The molecule has 2 heterocycles. The van der Waals surface area contributed by atoms with E-state index in [4.69, 9.17) is 5.73 Å². The summed E-state index contributed by atoms with van der Waals surface area (Å²) in [5.74, 6) is -0.543. The number of pyridine rings is 1. The summed E-state index contributed by atoms with van der Waals surface area (Å²) in [5.41, 5.74) is 12.1. The Morgan fingerprint density at radius 3 is 2.45 bits per heavy atom. The number of rotatable bonds is 6. The molecule has 1 fully saturated rings. The van der Waals surface area contributed by atoms with E-state index in [1.54, 1.807) is 6.20 Å². The molecule has 4 rings (SSSR count). The first-order chi connectivity index (χ1) is 15.0. The number of nitrogens with two attached hydrogens (primary N) is 1. The van der Waals surface area contributed by atoms with Crippen molar-refractivity contribution in [2.24, 2.45) is 5.73 Å². The number of likely N-dealkylation sites (N-methyl/N-ethyl adjacent to an activating group) is 1. The number of nitrogens with zero attached hydrogens (tertiary/aromatic N) is 3. The standard InChI is InChI=1S/C25H29N5O/c1-18-5-3-4-6-20(18)15-19-16-23(24(25(26)31)27-17-19)28-21-7-9-22(10-8-21)30-13-11-29(2)12-14-30/h3-10,16-17,28H,11-15H2,1-2H3,(H2,26,31). The zero-order valence-corrected chi connectivity index (χ0v) is 18.1. The number of hydrogen-bond acceptors (Lipinski definition) is 5. The van der Waals surface area contributed by atoms with Crippen molar-refractivity contribution in [3.8, 4) is 0 Å². The number of anilines is 3. The van der Waals surface area contributed by atoms with E-state index < -0.39 is 5.91 Å². The predicted molar refractivity (Wildman–Crippen MR) is 126 cm³/mol. The highest BCUT2D eigenvalue weighted by molar-refractivity contribution is 5.97. The fraction of sp³-hybridized carbons (Fsp3) is 0.280. The highest BCUT2D eigenvalue weighted by Gasteiger charge is 2.15. The third-order valence-electron chi connectivity index (χ3n) is 5.85. The smallest absolute Gasteiger partial charge is 0.269 e. The normalized spacial score (nSPS) is 14.5. The molecule has 2 aromatic carbocycles. The van der Waals surface area contributed by atoms with Gasteiger partial charge in [-0.3, -0.25) is 4.79 Å². The Labute approximate surface area is 183 Å². The predicted octanol–water partition coefficient (Wildman–Crippen LogP) is 3.58. The molecule has 0 radical (unpaired) electrons. The van der Waals surface area contributed by atoms with Gasteiger partial charge >= 0.3 is 0 Å². The van der Waals surface area contributed by atoms with Gasteiger partial charge in [0.05, 0.1) is 5.69 Å². The van der Waals surface area contributed by atoms with Crippen molar-refractivity contribution in [1.29, 1.82) is 0 Å². The molecule has 0 saturated carbocycles. The van der Waals surface area contributed by atoms with Crippen LogP contribution >= 0.6 is 0 Å². The van der Waals surface area contributed by atoms with Gasteiger partial charge in [0.2, 0.25) is 0 Å². The SMILES string of the molecule is Cc1ccccc1Cc1cnc(C(N)=O)c(Nc2ccc(N3CCN(C)CC3)cc2)c1. The van der Waals surface area contributed by atoms with Gasteiger partial charge in [-0.15, -0.1) is 0 Å². The van der Waals surface area contributed by atoms with Crippen molar-refractivity contribution in [3.05, 3.63) is 83.2 Å². The van der Waals surface area contributed by atoms with Crippen molar-refractivity contribution in [1.82, 2.24) is 9.88 Å². The maximum Gasteiger partial charge on any atom is 0.269 e. The first-order valence-corrected chi connectivity index (χ1v) is 10.6. The zero-order chi connectivity index (χ0) is 21.8. The Morgan fingerprint density at radius 1 is 1.06 bits per heavy atom. The average molecular weight is 416 g/mol. The molecule has 1 aromatic heterocycles. The molecular formula is C25H29N5O. The number of carbonyl (C=O) groups is 1. The van der Waals surface area contributed by atoms with Gasteiger partial charge < -0.3 is 20.9 Å². The number of carbonyl (C=O) groups excluding carboxylic acids is 1. The molecule has 0 atom stereocenters. The van der Waals surface area contributed by atoms with E-state index in [1.165, 1.54) is 16.8 Å². The van der Waals surface area contributed by atoms with Crippen LogP contribution in [0.1, 0.15) is 27.2 Å². The molecule has 1 aliphatic heterocycles. The largest absolute Gasteiger partial charge is 0.369 e. The number of hydrogen-bond donors (Lipinski definition) is 2. The van der Waals surface area contributed by atoms with E-state index in [-0.39, 0.29) is 5.69 Å². The Balaban J connectivity index is 1.53. The molecule has 6 nitrogen and oxygen atoms in total. The van der Waals surface area contributed by atoms with Gasteiger partial charge in [0, 0.05) is 43.8 Å². The molecule has 160 valence electrons. The molecule has 3 N–H and O–H groups in total. The number of piperazine rings is 1. The van der Waals surface area contributed by atoms with E-state index in [9.17, 15) is 4.79 Å². The maximum absolute atomic E-state index is 11.9. The van der Waals surface area contributed by atoms with Gasteiger partial charge in [0.1, 0.15) is 0 Å². The third-order valence-corrected chi connectivity index (χ3v) is 5.85. The van der Waals surface area contributed by atoms with E-state index in [0.29, 0.717) is 5.69 Å². The minimum Gasteiger partial charge on any atom is -0.369 e. The summed E-state index contributed by atoms with van der Waals surface area (Å²) in [7, 11) is 2.15. The van der Waals surface area contributed by atoms with Gasteiger partial charge in [-0.25, -0.2) is 4.98 Å². The van der Waals surface area contributed by atoms with E-state index >= 15 is 0 Å². The first-order valence-electron chi connectivity index (χ1n) is 10.6. The lowest BCUT2D eigenvalue weighted by molar-refractivity contribution is 0.0996. The molecule has 0 spiro atoms. The lowest BCUT2D eigenvalue weighted by Crippen LogP contribution is -2.44. The summed E-state index contributed by atoms with van der Waals surface area (Å²) in [6.07, 6.45) is 2.48. The molecule has 1 aliphatic rings. The summed E-state index contributed by atoms with van der Waals surface area (Å²) in [5, 5.41) is 3.34. The Bertz CT molecular complexity index is 1060. The van der Waals surface area contributed by atoms with Crippen LogP contribution in [0.5, 0.6) is 0 Å². The third kappa shape index (κ3) is 5.03. The second-order valence-electron chi connectivity index (χ2n) is 8.17. The summed E-state index contributed by atoms with van der Waals surface area (Å²) in [4.78, 5) is 21.0. The van der Waals surface area contributed by atoms with Crippen LogP contribution in [0.3, 0.4) is 0 Å². The Kier molecular flexibility index (Phi) is 6.18.